The van der Waals surface area contributed by atoms with Crippen LogP contribution in [0.4, 0.5) is 5.13 Å². The Morgan fingerprint density at radius 3 is 2.58 bits per heavy atom. The van der Waals surface area contributed by atoms with Crippen molar-refractivity contribution in [3.05, 3.63) is 90.2 Å². The second kappa shape index (κ2) is 7.93. The van der Waals surface area contributed by atoms with Gasteiger partial charge in [-0.1, -0.05) is 57.1 Å². The van der Waals surface area contributed by atoms with E-state index in [2.05, 4.69) is 20.9 Å². The number of rotatable bonds is 3. The van der Waals surface area contributed by atoms with Crippen LogP contribution < -0.4 is 10.3 Å². The molecule has 2 aromatic carbocycles. The summed E-state index contributed by atoms with van der Waals surface area (Å²) in [6, 6.07) is 11.9. The van der Waals surface area contributed by atoms with Crippen LogP contribution in [0.2, 0.25) is 0 Å². The van der Waals surface area contributed by atoms with Gasteiger partial charge in [-0.15, -0.1) is 0 Å². The molecule has 7 nitrogen and oxygen atoms in total. The highest BCUT2D eigenvalue weighted by Crippen LogP contribution is 2.43. The van der Waals surface area contributed by atoms with Crippen LogP contribution in [0, 0.1) is 13.8 Å². The molecule has 0 spiro atoms. The van der Waals surface area contributed by atoms with Crippen LogP contribution in [0.15, 0.2) is 56.1 Å². The van der Waals surface area contributed by atoms with Crippen LogP contribution in [0.5, 0.6) is 0 Å². The Balaban J connectivity index is 1.78. The third-order valence-corrected chi connectivity index (χ3v) is 7.22. The van der Waals surface area contributed by atoms with Crippen molar-refractivity contribution in [1.29, 1.82) is 0 Å². The largest absolute Gasteiger partial charge is 0.465 e. The minimum Gasteiger partial charge on any atom is -0.465 e. The van der Waals surface area contributed by atoms with Gasteiger partial charge in [-0.3, -0.25) is 14.5 Å². The van der Waals surface area contributed by atoms with Gasteiger partial charge in [0.25, 0.3) is 5.91 Å². The molecule has 9 heteroatoms. The van der Waals surface area contributed by atoms with Crippen LogP contribution in [0.25, 0.3) is 11.0 Å². The fraction of sp³-hybridized carbons (Fsp3) is 0.167. The number of benzene rings is 2. The van der Waals surface area contributed by atoms with Crippen molar-refractivity contribution in [2.75, 3.05) is 12.0 Å². The number of carbonyl (C=O) groups excluding carboxylic acids is 2. The molecule has 0 bridgehead atoms. The molecule has 33 heavy (non-hydrogen) atoms. The lowest BCUT2D eigenvalue weighted by Gasteiger charge is -2.22. The topological polar surface area (TPSA) is 89.7 Å². The molecule has 0 radical (unpaired) electrons. The number of hydrogen-bond donors (Lipinski definition) is 0. The van der Waals surface area contributed by atoms with Crippen LogP contribution in [-0.4, -0.2) is 24.0 Å². The average Bonchev–Trinajstić information content (AvgIpc) is 3.32. The number of carbonyl (C=O) groups is 2. The van der Waals surface area contributed by atoms with E-state index in [9.17, 15) is 14.4 Å². The van der Waals surface area contributed by atoms with Crippen molar-refractivity contribution in [1.82, 2.24) is 4.98 Å². The summed E-state index contributed by atoms with van der Waals surface area (Å²) in [4.78, 5) is 45.6. The van der Waals surface area contributed by atoms with Gasteiger partial charge in [-0.05, 0) is 37.6 Å². The number of aryl methyl sites for hydroxylation is 2. The molecular weight excluding hydrogens is 508 g/mol. The van der Waals surface area contributed by atoms with Gasteiger partial charge in [0.1, 0.15) is 10.5 Å². The highest BCUT2D eigenvalue weighted by atomic mass is 79.9. The van der Waals surface area contributed by atoms with Gasteiger partial charge >= 0.3 is 5.97 Å². The maximum Gasteiger partial charge on any atom is 0.350 e. The maximum atomic E-state index is 13.6. The Labute approximate surface area is 200 Å². The fourth-order valence-corrected chi connectivity index (χ4v) is 5.35. The number of esters is 1. The zero-order valence-corrected chi connectivity index (χ0v) is 20.2. The van der Waals surface area contributed by atoms with Crippen molar-refractivity contribution in [2.24, 2.45) is 0 Å². The lowest BCUT2D eigenvalue weighted by atomic mass is 9.98. The van der Waals surface area contributed by atoms with E-state index in [-0.39, 0.29) is 16.8 Å². The molecule has 1 aliphatic heterocycles. The van der Waals surface area contributed by atoms with Crippen LogP contribution in [0.1, 0.15) is 48.7 Å². The first-order chi connectivity index (χ1) is 15.8. The summed E-state index contributed by atoms with van der Waals surface area (Å²) in [5.74, 6) is -1.03. The molecule has 166 valence electrons. The van der Waals surface area contributed by atoms with Gasteiger partial charge in [0, 0.05) is 4.47 Å². The SMILES string of the molecule is COC(=O)c1sc(N2C(=O)c3oc4ccc(Br)cc4c(=O)c3C2c2ccc(C)cc2)nc1C. The molecule has 1 atom stereocenters. The zero-order valence-electron chi connectivity index (χ0n) is 17.8. The summed E-state index contributed by atoms with van der Waals surface area (Å²) in [5, 5.41) is 0.667. The average molecular weight is 525 g/mol. The van der Waals surface area contributed by atoms with Crippen molar-refractivity contribution in [3.63, 3.8) is 0 Å². The van der Waals surface area contributed by atoms with Gasteiger partial charge in [-0.25, -0.2) is 9.78 Å². The highest BCUT2D eigenvalue weighted by Gasteiger charge is 2.45. The quantitative estimate of drug-likeness (QED) is 0.343. The molecular formula is C24H17BrN2O5S. The van der Waals surface area contributed by atoms with E-state index in [1.54, 1.807) is 25.1 Å². The normalized spacial score (nSPS) is 15.2. The molecule has 5 rings (SSSR count). The molecule has 0 saturated heterocycles. The summed E-state index contributed by atoms with van der Waals surface area (Å²) in [7, 11) is 1.29. The van der Waals surface area contributed by atoms with Crippen molar-refractivity contribution in [2.45, 2.75) is 19.9 Å². The Kier molecular flexibility index (Phi) is 5.18. The predicted molar refractivity (Wildman–Crippen MR) is 128 cm³/mol. The summed E-state index contributed by atoms with van der Waals surface area (Å²) in [5.41, 5.74) is 2.52. The summed E-state index contributed by atoms with van der Waals surface area (Å²) < 4.78 is 11.5. The molecule has 1 amide bonds. The Morgan fingerprint density at radius 2 is 1.88 bits per heavy atom. The number of methoxy groups -OCH3 is 1. The fourth-order valence-electron chi connectivity index (χ4n) is 3.97. The molecule has 0 aliphatic carbocycles. The summed E-state index contributed by atoms with van der Waals surface area (Å²) >= 11 is 4.44. The van der Waals surface area contributed by atoms with Gasteiger partial charge in [-0.2, -0.15) is 0 Å². The monoisotopic (exact) mass is 524 g/mol. The smallest absolute Gasteiger partial charge is 0.350 e. The number of amides is 1. The van der Waals surface area contributed by atoms with Gasteiger partial charge in [0.15, 0.2) is 10.6 Å². The minimum atomic E-state index is -0.747. The van der Waals surface area contributed by atoms with E-state index >= 15 is 0 Å². The number of anilines is 1. The molecule has 4 aromatic rings. The van der Waals surface area contributed by atoms with Crippen LogP contribution in [0.3, 0.4) is 0 Å². The molecule has 2 aromatic heterocycles. The van der Waals surface area contributed by atoms with Gasteiger partial charge < -0.3 is 9.15 Å². The van der Waals surface area contributed by atoms with Crippen LogP contribution in [-0.2, 0) is 4.74 Å². The standard InChI is InChI=1S/C24H17BrN2O5S/c1-11-4-6-13(7-5-11)18-17-19(28)15-10-14(25)8-9-16(15)32-20(17)22(29)27(18)24-26-12(2)21(33-24)23(30)31-3/h4-10,18H,1-3H3. The second-order valence-corrected chi connectivity index (χ2v) is 9.60. The van der Waals surface area contributed by atoms with Crippen molar-refractivity contribution in [3.8, 4) is 0 Å². The lowest BCUT2D eigenvalue weighted by Crippen LogP contribution is -2.29. The van der Waals surface area contributed by atoms with E-state index in [1.807, 2.05) is 31.2 Å². The number of nitrogens with zero attached hydrogens (tertiary/aromatic N) is 2. The summed E-state index contributed by atoms with van der Waals surface area (Å²) in [6.45, 7) is 3.64. The third-order valence-electron chi connectivity index (χ3n) is 5.59. The lowest BCUT2D eigenvalue weighted by molar-refractivity contribution is 0.0605. The second-order valence-electron chi connectivity index (χ2n) is 7.71. The first kappa shape index (κ1) is 21.5. The molecule has 0 N–H and O–H groups in total. The number of ether oxygens (including phenoxy) is 1. The predicted octanol–water partition coefficient (Wildman–Crippen LogP) is 5.17. The molecule has 1 aliphatic rings. The number of hydrogen-bond acceptors (Lipinski definition) is 7. The molecule has 1 unspecified atom stereocenters. The minimum absolute atomic E-state index is 0.0205. The van der Waals surface area contributed by atoms with Crippen LogP contribution >= 0.6 is 27.3 Å². The molecule has 0 fully saturated rings. The Hall–Kier alpha value is -3.30. The van der Waals surface area contributed by atoms with E-state index in [1.165, 1.54) is 12.0 Å². The molecule has 3 heterocycles. The first-order valence-electron chi connectivity index (χ1n) is 10.0. The highest BCUT2D eigenvalue weighted by molar-refractivity contribution is 9.10. The van der Waals surface area contributed by atoms with Gasteiger partial charge in [0.2, 0.25) is 5.76 Å². The number of thiazole rings is 1. The van der Waals surface area contributed by atoms with E-state index in [0.717, 1.165) is 26.9 Å². The zero-order chi connectivity index (χ0) is 23.4. The third kappa shape index (κ3) is 3.39. The van der Waals surface area contributed by atoms with Gasteiger partial charge in [0.05, 0.1) is 29.8 Å². The Bertz CT molecular complexity index is 1510. The number of fused-ring (bicyclic) bond motifs is 2. The number of halogens is 1. The summed E-state index contributed by atoms with van der Waals surface area (Å²) in [6.07, 6.45) is 0. The number of aromatic nitrogens is 1. The van der Waals surface area contributed by atoms with E-state index < -0.39 is 17.9 Å². The van der Waals surface area contributed by atoms with E-state index in [0.29, 0.717) is 26.7 Å². The van der Waals surface area contributed by atoms with Crippen molar-refractivity contribution >= 4 is 55.2 Å². The van der Waals surface area contributed by atoms with Crippen molar-refractivity contribution < 1.29 is 18.7 Å². The maximum absolute atomic E-state index is 13.6. The van der Waals surface area contributed by atoms with E-state index in [4.69, 9.17) is 9.15 Å². The Morgan fingerprint density at radius 1 is 1.15 bits per heavy atom. The molecule has 0 saturated carbocycles. The first-order valence-corrected chi connectivity index (χ1v) is 11.6.